The highest BCUT2D eigenvalue weighted by molar-refractivity contribution is 5.80. The monoisotopic (exact) mass is 330 g/mol. The van der Waals surface area contributed by atoms with Crippen molar-refractivity contribution in [1.29, 1.82) is 0 Å². The van der Waals surface area contributed by atoms with Gasteiger partial charge in [0.1, 0.15) is 0 Å². The lowest BCUT2D eigenvalue weighted by Crippen LogP contribution is -2.52. The molecule has 2 atom stereocenters. The van der Waals surface area contributed by atoms with Gasteiger partial charge in [-0.15, -0.1) is 0 Å². The predicted molar refractivity (Wildman–Crippen MR) is 98.0 cm³/mol. The van der Waals surface area contributed by atoms with Crippen molar-refractivity contribution in [3.8, 4) is 0 Å². The van der Waals surface area contributed by atoms with Gasteiger partial charge in [-0.3, -0.25) is 9.89 Å². The van der Waals surface area contributed by atoms with Crippen LogP contribution in [0.5, 0.6) is 0 Å². The smallest absolute Gasteiger partial charge is 0.191 e. The predicted octanol–water partition coefficient (Wildman–Crippen LogP) is 1.73. The number of nitrogens with zero attached hydrogens (tertiary/aromatic N) is 2. The van der Waals surface area contributed by atoms with Crippen LogP contribution in [0.25, 0.3) is 0 Å². The summed E-state index contributed by atoms with van der Waals surface area (Å²) in [6, 6.07) is 12.6. The molecule has 2 unspecified atom stereocenters. The van der Waals surface area contributed by atoms with Crippen molar-refractivity contribution in [1.82, 2.24) is 15.5 Å². The molecule has 0 amide bonds. The minimum atomic E-state index is 0.0946. The molecule has 24 heavy (non-hydrogen) atoms. The summed E-state index contributed by atoms with van der Waals surface area (Å²) in [4.78, 5) is 7.11. The standard InChI is InChI=1S/C19H30N4O/c1-2-20-19(21-10-11-24)22-16-12-17-8-9-18(13-16)23(17)14-15-6-4-3-5-7-15/h3-7,16-18,24H,2,8-14H2,1H3,(H2,20,21,22). The molecule has 1 aromatic carbocycles. The first kappa shape index (κ1) is 17.2. The van der Waals surface area contributed by atoms with E-state index in [0.717, 1.165) is 19.0 Å². The lowest BCUT2D eigenvalue weighted by Gasteiger charge is -2.39. The van der Waals surface area contributed by atoms with Crippen LogP contribution in [0.3, 0.4) is 0 Å². The zero-order chi connectivity index (χ0) is 16.8. The number of rotatable bonds is 6. The normalized spacial score (nSPS) is 27.2. The second kappa shape index (κ2) is 8.49. The van der Waals surface area contributed by atoms with E-state index in [9.17, 15) is 0 Å². The molecule has 132 valence electrons. The summed E-state index contributed by atoms with van der Waals surface area (Å²) in [6.07, 6.45) is 4.96. The maximum Gasteiger partial charge on any atom is 0.191 e. The highest BCUT2D eigenvalue weighted by atomic mass is 16.3. The van der Waals surface area contributed by atoms with Gasteiger partial charge >= 0.3 is 0 Å². The lowest BCUT2D eigenvalue weighted by atomic mass is 9.96. The molecule has 3 N–H and O–H groups in total. The summed E-state index contributed by atoms with van der Waals surface area (Å²) >= 11 is 0. The minimum Gasteiger partial charge on any atom is -0.394 e. The average molecular weight is 330 g/mol. The highest BCUT2D eigenvalue weighted by Gasteiger charge is 2.40. The molecule has 0 radical (unpaired) electrons. The van der Waals surface area contributed by atoms with Gasteiger partial charge in [0.15, 0.2) is 5.96 Å². The number of guanidine groups is 1. The Morgan fingerprint density at radius 1 is 1.21 bits per heavy atom. The molecule has 3 rings (SSSR count). The fourth-order valence-corrected chi connectivity index (χ4v) is 4.12. The van der Waals surface area contributed by atoms with Gasteiger partial charge < -0.3 is 15.7 Å². The van der Waals surface area contributed by atoms with Crippen LogP contribution < -0.4 is 10.6 Å². The van der Waals surface area contributed by atoms with Gasteiger partial charge in [-0.25, -0.2) is 0 Å². The first-order chi connectivity index (χ1) is 11.8. The van der Waals surface area contributed by atoms with Crippen LogP contribution in [0, 0.1) is 0 Å². The Morgan fingerprint density at radius 3 is 2.54 bits per heavy atom. The first-order valence-electron chi connectivity index (χ1n) is 9.25. The molecule has 5 nitrogen and oxygen atoms in total. The molecule has 2 aliphatic rings. The quantitative estimate of drug-likeness (QED) is 0.549. The van der Waals surface area contributed by atoms with E-state index in [1.165, 1.54) is 31.2 Å². The fourth-order valence-electron chi connectivity index (χ4n) is 4.12. The topological polar surface area (TPSA) is 59.9 Å². The minimum absolute atomic E-state index is 0.0946. The molecule has 5 heteroatoms. The Hall–Kier alpha value is -1.59. The van der Waals surface area contributed by atoms with Crippen molar-refractivity contribution in [3.05, 3.63) is 35.9 Å². The molecule has 0 saturated carbocycles. The largest absolute Gasteiger partial charge is 0.394 e. The van der Waals surface area contributed by atoms with Gasteiger partial charge in [-0.1, -0.05) is 30.3 Å². The van der Waals surface area contributed by atoms with Crippen LogP contribution in [0.15, 0.2) is 35.3 Å². The number of hydrogen-bond donors (Lipinski definition) is 3. The number of aliphatic hydroxyl groups is 1. The Morgan fingerprint density at radius 2 is 1.92 bits per heavy atom. The number of nitrogens with one attached hydrogen (secondary N) is 2. The van der Waals surface area contributed by atoms with Crippen molar-refractivity contribution < 1.29 is 5.11 Å². The van der Waals surface area contributed by atoms with Gasteiger partial charge in [0.05, 0.1) is 13.2 Å². The van der Waals surface area contributed by atoms with Crippen LogP contribution in [-0.2, 0) is 6.54 Å². The summed E-state index contributed by atoms with van der Waals surface area (Å²) in [6.45, 7) is 4.53. The molecule has 0 aliphatic carbocycles. The summed E-state index contributed by atoms with van der Waals surface area (Å²) < 4.78 is 0. The summed E-state index contributed by atoms with van der Waals surface area (Å²) in [5.74, 6) is 0.840. The Labute approximate surface area is 145 Å². The van der Waals surface area contributed by atoms with E-state index in [4.69, 9.17) is 5.11 Å². The van der Waals surface area contributed by atoms with Gasteiger partial charge in [0, 0.05) is 31.2 Å². The zero-order valence-corrected chi connectivity index (χ0v) is 14.6. The number of piperidine rings is 1. The summed E-state index contributed by atoms with van der Waals surface area (Å²) in [5.41, 5.74) is 1.42. The summed E-state index contributed by atoms with van der Waals surface area (Å²) in [7, 11) is 0. The molecule has 0 aromatic heterocycles. The molecule has 2 aliphatic heterocycles. The third-order valence-electron chi connectivity index (χ3n) is 5.15. The van der Waals surface area contributed by atoms with Crippen LogP contribution in [0.2, 0.25) is 0 Å². The van der Waals surface area contributed by atoms with Crippen molar-refractivity contribution in [2.75, 3.05) is 19.7 Å². The van der Waals surface area contributed by atoms with Gasteiger partial charge in [-0.05, 0) is 38.2 Å². The number of aliphatic imine (C=N–C) groups is 1. The van der Waals surface area contributed by atoms with E-state index in [1.54, 1.807) is 0 Å². The number of fused-ring (bicyclic) bond motifs is 2. The van der Waals surface area contributed by atoms with Crippen LogP contribution in [0.1, 0.15) is 38.2 Å². The van der Waals surface area contributed by atoms with Crippen molar-refractivity contribution in [2.45, 2.75) is 57.3 Å². The SMILES string of the molecule is CCNC(=NCCO)NC1CC2CCC(C1)N2Cc1ccccc1. The second-order valence-electron chi connectivity index (χ2n) is 6.84. The number of benzene rings is 1. The molecule has 2 heterocycles. The van der Waals surface area contributed by atoms with E-state index < -0.39 is 0 Å². The average Bonchev–Trinajstić information content (AvgIpc) is 2.83. The van der Waals surface area contributed by atoms with Gasteiger partial charge in [0.2, 0.25) is 0 Å². The molecule has 0 spiro atoms. The van der Waals surface area contributed by atoms with Crippen LogP contribution in [-0.4, -0.2) is 53.8 Å². The van der Waals surface area contributed by atoms with Crippen LogP contribution >= 0.6 is 0 Å². The third-order valence-corrected chi connectivity index (χ3v) is 5.15. The molecular weight excluding hydrogens is 300 g/mol. The lowest BCUT2D eigenvalue weighted by molar-refractivity contribution is 0.114. The maximum atomic E-state index is 8.99. The van der Waals surface area contributed by atoms with E-state index in [-0.39, 0.29) is 6.61 Å². The maximum absolute atomic E-state index is 8.99. The zero-order valence-electron chi connectivity index (χ0n) is 14.6. The van der Waals surface area contributed by atoms with Gasteiger partial charge in [-0.2, -0.15) is 0 Å². The van der Waals surface area contributed by atoms with E-state index >= 15 is 0 Å². The Bertz CT molecular complexity index is 519. The molecule has 1 aromatic rings. The Balaban J connectivity index is 1.58. The number of aliphatic hydroxyl groups excluding tert-OH is 1. The Kier molecular flexibility index (Phi) is 6.10. The van der Waals surface area contributed by atoms with E-state index in [0.29, 0.717) is 24.7 Å². The molecule has 2 bridgehead atoms. The van der Waals surface area contributed by atoms with Gasteiger partial charge in [0.25, 0.3) is 0 Å². The van der Waals surface area contributed by atoms with Crippen molar-refractivity contribution in [2.24, 2.45) is 4.99 Å². The molecular formula is C19H30N4O. The van der Waals surface area contributed by atoms with Crippen molar-refractivity contribution in [3.63, 3.8) is 0 Å². The summed E-state index contributed by atoms with van der Waals surface area (Å²) in [5, 5.41) is 15.8. The molecule has 2 fully saturated rings. The second-order valence-corrected chi connectivity index (χ2v) is 6.84. The van der Waals surface area contributed by atoms with Crippen molar-refractivity contribution >= 4 is 5.96 Å². The fraction of sp³-hybridized carbons (Fsp3) is 0.632. The van der Waals surface area contributed by atoms with E-state index in [2.05, 4.69) is 57.8 Å². The first-order valence-corrected chi connectivity index (χ1v) is 9.25. The van der Waals surface area contributed by atoms with Crippen LogP contribution in [0.4, 0.5) is 0 Å². The number of hydrogen-bond acceptors (Lipinski definition) is 3. The molecule has 2 saturated heterocycles. The third kappa shape index (κ3) is 4.28. The highest BCUT2D eigenvalue weighted by Crippen LogP contribution is 2.36. The van der Waals surface area contributed by atoms with E-state index in [1.807, 2.05) is 0 Å².